The third-order valence-corrected chi connectivity index (χ3v) is 4.60. The van der Waals surface area contributed by atoms with Crippen LogP contribution >= 0.6 is 0 Å². The van der Waals surface area contributed by atoms with Crippen molar-refractivity contribution < 1.29 is 4.74 Å². The minimum Gasteiger partial charge on any atom is -0.483 e. The highest BCUT2D eigenvalue weighted by Gasteiger charge is 2.55. The van der Waals surface area contributed by atoms with Gasteiger partial charge in [0, 0.05) is 17.7 Å². The molecule has 2 aliphatic carbocycles. The largest absolute Gasteiger partial charge is 0.483 e. The molecule has 2 atom stereocenters. The predicted octanol–water partition coefficient (Wildman–Crippen LogP) is 2.80. The van der Waals surface area contributed by atoms with Gasteiger partial charge in [0.25, 0.3) is 0 Å². The zero-order valence-electron chi connectivity index (χ0n) is 10.6. The lowest BCUT2D eigenvalue weighted by molar-refractivity contribution is 0.235. The monoisotopic (exact) mass is 258 g/mol. The van der Waals surface area contributed by atoms with E-state index in [4.69, 9.17) is 4.74 Å². The molecule has 0 radical (unpaired) electrons. The van der Waals surface area contributed by atoms with Crippen LogP contribution in [0.15, 0.2) is 58.8 Å². The first kappa shape index (κ1) is 10.2. The zero-order chi connectivity index (χ0) is 13.3. The summed E-state index contributed by atoms with van der Waals surface area (Å²) >= 11 is 0. The van der Waals surface area contributed by atoms with Gasteiger partial charge in [0.05, 0.1) is 16.7 Å². The molecule has 1 spiro atoms. The lowest BCUT2D eigenvalue weighted by atomic mass is 9.62. The Bertz CT molecular complexity index is 835. The van der Waals surface area contributed by atoms with Crippen molar-refractivity contribution in [3.05, 3.63) is 64.9 Å². The summed E-state index contributed by atoms with van der Waals surface area (Å²) < 4.78 is 6.11. The Hall–Kier alpha value is -2.60. The minimum absolute atomic E-state index is 0.0622. The Morgan fingerprint density at radius 1 is 1.40 bits per heavy atom. The first-order valence-corrected chi connectivity index (χ1v) is 6.72. The van der Waals surface area contributed by atoms with Gasteiger partial charge in [-0.15, -0.1) is 0 Å². The number of para-hydroxylation sites is 1. The van der Waals surface area contributed by atoms with Crippen LogP contribution < -0.4 is 4.74 Å². The Morgan fingerprint density at radius 2 is 2.30 bits per heavy atom. The summed E-state index contributed by atoms with van der Waals surface area (Å²) in [5, 5.41) is 9.29. The summed E-state index contributed by atoms with van der Waals surface area (Å²) in [6.07, 6.45) is 9.38. The van der Waals surface area contributed by atoms with Crippen molar-refractivity contribution in [1.82, 2.24) is 0 Å². The summed E-state index contributed by atoms with van der Waals surface area (Å²) in [6.45, 7) is 0. The second-order valence-corrected chi connectivity index (χ2v) is 5.54. The van der Waals surface area contributed by atoms with E-state index in [2.05, 4.69) is 35.4 Å². The molecule has 3 nitrogen and oxygen atoms in total. The Balaban J connectivity index is 1.86. The smallest absolute Gasteiger partial charge is 0.142 e. The number of nitriles is 1. The number of ether oxygens (including phenoxy) is 1. The van der Waals surface area contributed by atoms with Crippen LogP contribution in [0.3, 0.4) is 0 Å². The van der Waals surface area contributed by atoms with Crippen molar-refractivity contribution in [2.75, 3.05) is 0 Å². The minimum atomic E-state index is -0.262. The molecule has 3 aliphatic heterocycles. The van der Waals surface area contributed by atoms with Gasteiger partial charge in [-0.1, -0.05) is 24.3 Å². The second kappa shape index (κ2) is 3.10. The van der Waals surface area contributed by atoms with Gasteiger partial charge in [-0.05, 0) is 23.8 Å². The Labute approximate surface area is 116 Å². The molecule has 0 aromatic heterocycles. The Kier molecular flexibility index (Phi) is 1.59. The van der Waals surface area contributed by atoms with Gasteiger partial charge in [-0.25, -0.2) is 0 Å². The molecule has 0 amide bonds. The van der Waals surface area contributed by atoms with Crippen molar-refractivity contribution in [3.63, 3.8) is 0 Å². The molecular weight excluding hydrogens is 248 g/mol. The van der Waals surface area contributed by atoms with Crippen LogP contribution in [0.2, 0.25) is 0 Å². The van der Waals surface area contributed by atoms with Crippen LogP contribution in [0.25, 0.3) is 0 Å². The summed E-state index contributed by atoms with van der Waals surface area (Å²) in [6, 6.07) is 8.06. The van der Waals surface area contributed by atoms with Crippen LogP contribution in [0.4, 0.5) is 0 Å². The first-order chi connectivity index (χ1) is 9.83. The van der Waals surface area contributed by atoms with Gasteiger partial charge in [-0.2, -0.15) is 5.26 Å². The molecule has 1 aromatic carbocycles. The Morgan fingerprint density at radius 3 is 3.15 bits per heavy atom. The van der Waals surface area contributed by atoms with E-state index in [0.29, 0.717) is 5.56 Å². The van der Waals surface area contributed by atoms with Gasteiger partial charge in [0.2, 0.25) is 0 Å². The second-order valence-electron chi connectivity index (χ2n) is 5.54. The maximum atomic E-state index is 9.29. The molecule has 2 bridgehead atoms. The molecule has 0 saturated heterocycles. The zero-order valence-corrected chi connectivity index (χ0v) is 10.6. The molecule has 5 aliphatic rings. The lowest BCUT2D eigenvalue weighted by Gasteiger charge is -2.42. The number of hydrogen-bond donors (Lipinski definition) is 0. The molecule has 2 unspecified atom stereocenters. The number of allylic oxidation sites excluding steroid dienone is 3. The summed E-state index contributed by atoms with van der Waals surface area (Å²) in [7, 11) is 0. The van der Waals surface area contributed by atoms with Crippen molar-refractivity contribution in [2.24, 2.45) is 4.99 Å². The van der Waals surface area contributed by atoms with E-state index in [9.17, 15) is 5.26 Å². The molecular formula is C17H10N2O. The highest BCUT2D eigenvalue weighted by atomic mass is 16.5. The van der Waals surface area contributed by atoms with E-state index >= 15 is 0 Å². The van der Waals surface area contributed by atoms with Crippen LogP contribution in [0.5, 0.6) is 5.75 Å². The van der Waals surface area contributed by atoms with Crippen molar-refractivity contribution in [2.45, 2.75) is 17.9 Å². The van der Waals surface area contributed by atoms with Crippen molar-refractivity contribution >= 4 is 5.71 Å². The lowest BCUT2D eigenvalue weighted by Crippen LogP contribution is -2.46. The van der Waals surface area contributed by atoms with E-state index in [0.717, 1.165) is 29.1 Å². The number of rotatable bonds is 0. The quantitative estimate of drug-likeness (QED) is 0.718. The van der Waals surface area contributed by atoms with Crippen LogP contribution in [-0.2, 0) is 5.41 Å². The summed E-state index contributed by atoms with van der Waals surface area (Å²) in [5.74, 6) is 0.733. The molecule has 0 N–H and O–H groups in total. The normalized spacial score (nSPS) is 30.6. The average Bonchev–Trinajstić information content (AvgIpc) is 2.78. The summed E-state index contributed by atoms with van der Waals surface area (Å²) in [5.41, 5.74) is 4.97. The highest BCUT2D eigenvalue weighted by Crippen LogP contribution is 2.56. The molecule has 3 heteroatoms. The SMILES string of the molecule is N#Cc1cccc2c1OC1C=CC=C3C4=NC(=CC321)C4. The fourth-order valence-corrected chi connectivity index (χ4v) is 3.74. The van der Waals surface area contributed by atoms with Gasteiger partial charge < -0.3 is 4.74 Å². The standard InChI is InChI=1S/C17H10N2O/c18-9-10-3-1-5-13-16(10)20-15-6-2-4-12-14-7-11(19-14)8-17(12,13)15/h1-6,8,15H,7H2. The van der Waals surface area contributed by atoms with E-state index in [1.165, 1.54) is 5.57 Å². The number of aliphatic imine (C=N–C) groups is 1. The fourth-order valence-electron chi connectivity index (χ4n) is 3.74. The summed E-state index contributed by atoms with van der Waals surface area (Å²) in [4.78, 5) is 4.54. The van der Waals surface area contributed by atoms with E-state index in [1.807, 2.05) is 18.2 Å². The molecule has 0 fully saturated rings. The van der Waals surface area contributed by atoms with Gasteiger partial charge in [-0.3, -0.25) is 4.99 Å². The predicted molar refractivity (Wildman–Crippen MR) is 74.6 cm³/mol. The fraction of sp³-hybridized carbons (Fsp3) is 0.176. The average molecular weight is 258 g/mol. The van der Waals surface area contributed by atoms with Gasteiger partial charge in [0.15, 0.2) is 0 Å². The molecule has 20 heavy (non-hydrogen) atoms. The number of hydrogen-bond acceptors (Lipinski definition) is 3. The number of benzene rings is 1. The van der Waals surface area contributed by atoms with Crippen molar-refractivity contribution in [3.8, 4) is 11.8 Å². The maximum Gasteiger partial charge on any atom is 0.142 e. The maximum absolute atomic E-state index is 9.29. The molecule has 0 saturated carbocycles. The highest BCUT2D eigenvalue weighted by molar-refractivity contribution is 6.11. The van der Waals surface area contributed by atoms with Crippen molar-refractivity contribution in [1.29, 1.82) is 5.26 Å². The number of nitrogens with zero attached hydrogens (tertiary/aromatic N) is 2. The van der Waals surface area contributed by atoms with E-state index in [-0.39, 0.29) is 11.5 Å². The molecule has 94 valence electrons. The topological polar surface area (TPSA) is 45.4 Å². The molecule has 3 heterocycles. The molecule has 1 aromatic rings. The third-order valence-electron chi connectivity index (χ3n) is 4.60. The van der Waals surface area contributed by atoms with E-state index < -0.39 is 0 Å². The van der Waals surface area contributed by atoms with Crippen LogP contribution in [0, 0.1) is 11.3 Å². The van der Waals surface area contributed by atoms with Gasteiger partial charge >= 0.3 is 0 Å². The number of fused-ring (bicyclic) bond motifs is 1. The first-order valence-electron chi connectivity index (χ1n) is 6.72. The van der Waals surface area contributed by atoms with Crippen LogP contribution in [0.1, 0.15) is 17.5 Å². The van der Waals surface area contributed by atoms with E-state index in [1.54, 1.807) is 0 Å². The molecule has 6 rings (SSSR count). The van der Waals surface area contributed by atoms with Gasteiger partial charge in [0.1, 0.15) is 17.9 Å². The third kappa shape index (κ3) is 0.936. The van der Waals surface area contributed by atoms with Crippen LogP contribution in [-0.4, -0.2) is 11.8 Å².